The molecule has 0 aliphatic rings. The van der Waals surface area contributed by atoms with Crippen molar-refractivity contribution >= 4 is 43.6 Å². The first-order valence-corrected chi connectivity index (χ1v) is 22.5. The second-order valence-electron chi connectivity index (χ2n) is 17.2. The minimum Gasteiger partial charge on any atom is -0.309 e. The van der Waals surface area contributed by atoms with Crippen LogP contribution in [0.15, 0.2) is 206 Å². The summed E-state index contributed by atoms with van der Waals surface area (Å²) in [5.74, 6) is 1.04. The molecular weight excluding hydrogens is 848 g/mol. The predicted octanol–water partition coefficient (Wildman–Crippen LogP) is 16.0. The molecule has 0 aliphatic heterocycles. The number of halogens is 3. The van der Waals surface area contributed by atoms with Crippen LogP contribution in [0.1, 0.15) is 16.7 Å². The lowest BCUT2D eigenvalue weighted by atomic mass is 9.99. The molecule has 3 heterocycles. The fraction of sp³-hybridized carbons (Fsp3) is 0.0500. The van der Waals surface area contributed by atoms with Gasteiger partial charge in [-0.15, -0.1) is 0 Å². The fourth-order valence-corrected chi connectivity index (χ4v) is 9.92. The lowest BCUT2D eigenvalue weighted by molar-refractivity contribution is -0.137. The minimum absolute atomic E-state index is 0.0507. The number of aromatic nitrogens is 5. The van der Waals surface area contributed by atoms with Gasteiger partial charge in [-0.05, 0) is 95.8 Å². The highest BCUT2D eigenvalue weighted by Crippen LogP contribution is 2.47. The van der Waals surface area contributed by atoms with E-state index in [4.69, 9.17) is 15.0 Å². The molecule has 0 amide bonds. The molecule has 0 saturated carbocycles. The zero-order valence-electron chi connectivity index (χ0n) is 37.0. The molecule has 0 atom stereocenters. The van der Waals surface area contributed by atoms with Crippen LogP contribution in [0.4, 0.5) is 13.2 Å². The van der Waals surface area contributed by atoms with Crippen molar-refractivity contribution in [1.82, 2.24) is 24.1 Å². The third-order valence-corrected chi connectivity index (χ3v) is 13.1. The van der Waals surface area contributed by atoms with Crippen molar-refractivity contribution < 1.29 is 13.2 Å². The molecule has 0 N–H and O–H groups in total. The quantitative estimate of drug-likeness (QED) is 0.160. The largest absolute Gasteiger partial charge is 0.420 e. The number of hydrogen-bond donors (Lipinski definition) is 0. The standard InChI is InChI=1S/C60H40F3N5/c1-37-17-9-11-23-44(37)41-29-31-52-48(33-41)46-25-13-15-27-50(46)67(52)54-35-43(59-65-57(39-19-5-3-6-20-39)64-58(66-59)40-21-7-4-8-22-40)36-55(56(54)60(61,62)63)68-51-28-16-14-26-47(51)49-34-42(30-32-53(49)68)45-24-12-10-18-38(45)2/h3-36H,1-2H3. The molecule has 8 heteroatoms. The van der Waals surface area contributed by atoms with Crippen molar-refractivity contribution in [2.45, 2.75) is 20.0 Å². The maximum atomic E-state index is 16.8. The van der Waals surface area contributed by atoms with Gasteiger partial charge >= 0.3 is 6.18 Å². The van der Waals surface area contributed by atoms with Gasteiger partial charge in [-0.1, -0.05) is 158 Å². The van der Waals surface area contributed by atoms with E-state index in [1.54, 1.807) is 21.3 Å². The number of rotatable bonds is 7. The van der Waals surface area contributed by atoms with Gasteiger partial charge in [0, 0.05) is 38.2 Å². The summed E-state index contributed by atoms with van der Waals surface area (Å²) in [6.07, 6.45) is -4.84. The minimum atomic E-state index is -4.84. The van der Waals surface area contributed by atoms with Crippen molar-refractivity contribution in [2.75, 3.05) is 0 Å². The van der Waals surface area contributed by atoms with E-state index >= 15 is 13.2 Å². The van der Waals surface area contributed by atoms with Crippen LogP contribution in [-0.2, 0) is 6.18 Å². The van der Waals surface area contributed by atoms with E-state index in [0.29, 0.717) is 39.3 Å². The Labute approximate surface area is 390 Å². The van der Waals surface area contributed by atoms with Crippen LogP contribution in [0, 0.1) is 13.8 Å². The molecular formula is C60H40F3N5. The molecule has 12 aromatic rings. The highest BCUT2D eigenvalue weighted by Gasteiger charge is 2.40. The molecule has 0 aliphatic carbocycles. The Morgan fingerprint density at radius 1 is 0.338 bits per heavy atom. The van der Waals surface area contributed by atoms with Gasteiger partial charge < -0.3 is 9.13 Å². The van der Waals surface area contributed by atoms with Crippen LogP contribution >= 0.6 is 0 Å². The molecule has 0 saturated heterocycles. The average molecular weight is 888 g/mol. The summed E-state index contributed by atoms with van der Waals surface area (Å²) in [7, 11) is 0. The van der Waals surface area contributed by atoms with E-state index < -0.39 is 11.7 Å². The van der Waals surface area contributed by atoms with Gasteiger partial charge in [0.05, 0.1) is 33.4 Å². The van der Waals surface area contributed by atoms with E-state index in [0.717, 1.165) is 66.1 Å². The number of alkyl halides is 3. The van der Waals surface area contributed by atoms with Gasteiger partial charge in [-0.25, -0.2) is 15.0 Å². The second-order valence-corrected chi connectivity index (χ2v) is 17.2. The highest BCUT2D eigenvalue weighted by molar-refractivity contribution is 6.12. The summed E-state index contributed by atoms with van der Waals surface area (Å²) in [6, 6.07) is 66.1. The lowest BCUT2D eigenvalue weighted by Crippen LogP contribution is -2.16. The highest BCUT2D eigenvalue weighted by atomic mass is 19.4. The van der Waals surface area contributed by atoms with E-state index in [9.17, 15) is 0 Å². The van der Waals surface area contributed by atoms with Gasteiger partial charge in [0.2, 0.25) is 0 Å². The third kappa shape index (κ3) is 6.83. The first kappa shape index (κ1) is 40.9. The number of hydrogen-bond acceptors (Lipinski definition) is 3. The fourth-order valence-electron chi connectivity index (χ4n) is 9.92. The molecule has 0 unspecified atom stereocenters. The Hall–Kier alpha value is -8.62. The maximum Gasteiger partial charge on any atom is 0.420 e. The molecule has 9 aromatic carbocycles. The van der Waals surface area contributed by atoms with E-state index in [1.165, 1.54) is 0 Å². The van der Waals surface area contributed by atoms with Gasteiger partial charge in [0.1, 0.15) is 5.56 Å². The average Bonchev–Trinajstić information content (AvgIpc) is 3.88. The van der Waals surface area contributed by atoms with E-state index in [2.05, 4.69) is 50.2 Å². The normalized spacial score (nSPS) is 11.9. The van der Waals surface area contributed by atoms with Crippen LogP contribution in [-0.4, -0.2) is 24.1 Å². The number of para-hydroxylation sites is 2. The summed E-state index contributed by atoms with van der Waals surface area (Å²) >= 11 is 0. The summed E-state index contributed by atoms with van der Waals surface area (Å²) in [5.41, 5.74) is 9.81. The van der Waals surface area contributed by atoms with Crippen molar-refractivity contribution in [3.8, 4) is 67.8 Å². The first-order chi connectivity index (χ1) is 33.2. The van der Waals surface area contributed by atoms with Crippen molar-refractivity contribution in [2.24, 2.45) is 0 Å². The number of nitrogens with zero attached hydrogens (tertiary/aromatic N) is 5. The van der Waals surface area contributed by atoms with Crippen LogP contribution in [0.5, 0.6) is 0 Å². The number of aryl methyl sites for hydroxylation is 2. The molecule has 0 radical (unpaired) electrons. The summed E-state index contributed by atoms with van der Waals surface area (Å²) in [5, 5.41) is 3.33. The lowest BCUT2D eigenvalue weighted by Gasteiger charge is -2.23. The van der Waals surface area contributed by atoms with Crippen molar-refractivity contribution in [3.63, 3.8) is 0 Å². The van der Waals surface area contributed by atoms with E-state index in [-0.39, 0.29) is 17.2 Å². The first-order valence-electron chi connectivity index (χ1n) is 22.5. The Morgan fingerprint density at radius 3 is 1.13 bits per heavy atom. The second kappa shape index (κ2) is 16.1. The Kier molecular flexibility index (Phi) is 9.65. The van der Waals surface area contributed by atoms with Gasteiger partial charge in [0.15, 0.2) is 17.5 Å². The summed E-state index contributed by atoms with van der Waals surface area (Å²) < 4.78 is 53.9. The Bertz CT molecular complexity index is 3680. The van der Waals surface area contributed by atoms with Crippen LogP contribution in [0.3, 0.4) is 0 Å². The smallest absolute Gasteiger partial charge is 0.309 e. The van der Waals surface area contributed by atoms with Crippen LogP contribution < -0.4 is 0 Å². The third-order valence-electron chi connectivity index (χ3n) is 13.1. The molecule has 12 rings (SSSR count). The SMILES string of the molecule is Cc1ccccc1-c1ccc2c(c1)c1ccccc1n2-c1cc(-c2nc(-c3ccccc3)nc(-c3ccccc3)n2)cc(-n2c3ccccc3c3cc(-c4ccccc4C)ccc32)c1C(F)(F)F. The predicted molar refractivity (Wildman–Crippen MR) is 270 cm³/mol. The van der Waals surface area contributed by atoms with Gasteiger partial charge in [-0.3, -0.25) is 0 Å². The van der Waals surface area contributed by atoms with E-state index in [1.807, 2.05) is 158 Å². The topological polar surface area (TPSA) is 48.5 Å². The number of benzene rings is 9. The van der Waals surface area contributed by atoms with Crippen molar-refractivity contribution in [1.29, 1.82) is 0 Å². The molecule has 3 aromatic heterocycles. The molecule has 326 valence electrons. The maximum absolute atomic E-state index is 16.8. The monoisotopic (exact) mass is 887 g/mol. The summed E-state index contributed by atoms with van der Waals surface area (Å²) in [6.45, 7) is 4.13. The molecule has 5 nitrogen and oxygen atoms in total. The zero-order chi connectivity index (χ0) is 46.1. The van der Waals surface area contributed by atoms with Crippen molar-refractivity contribution in [3.05, 3.63) is 223 Å². The Morgan fingerprint density at radius 2 is 0.706 bits per heavy atom. The van der Waals surface area contributed by atoms with Crippen LogP contribution in [0.25, 0.3) is 111 Å². The van der Waals surface area contributed by atoms with Gasteiger partial charge in [0.25, 0.3) is 0 Å². The number of fused-ring (bicyclic) bond motifs is 6. The zero-order valence-corrected chi connectivity index (χ0v) is 37.0. The molecule has 0 spiro atoms. The molecule has 0 bridgehead atoms. The van der Waals surface area contributed by atoms with Crippen LogP contribution in [0.2, 0.25) is 0 Å². The summed E-state index contributed by atoms with van der Waals surface area (Å²) in [4.78, 5) is 15.1. The van der Waals surface area contributed by atoms with Gasteiger partial charge in [-0.2, -0.15) is 13.2 Å². The molecule has 0 fully saturated rings. The molecule has 68 heavy (non-hydrogen) atoms. The Balaban J connectivity index is 1.22.